The van der Waals surface area contributed by atoms with E-state index in [1.54, 1.807) is 12.2 Å². The third kappa shape index (κ3) is 9.14. The van der Waals surface area contributed by atoms with Gasteiger partial charge in [-0.25, -0.2) is 0 Å². The molecule has 36 heavy (non-hydrogen) atoms. The molecule has 2 rings (SSSR count). The highest BCUT2D eigenvalue weighted by Crippen LogP contribution is 2.37. The standard InChI is InChI=1S/C32H44O3Si/c1-27(33)19-11-6-7-13-21-29(34)22-14-8-12-20-28(2)35-36(32(3,4)5,30-23-15-9-16-24-30)31-25-17-10-18-26-31/h9-11,13,15-19,21,23-26,28H,6-8,12,14,20,22H2,1-5H3/b19-11+,21-13+. The predicted molar refractivity (Wildman–Crippen MR) is 154 cm³/mol. The first-order chi connectivity index (χ1) is 17.2. The van der Waals surface area contributed by atoms with Crippen molar-refractivity contribution in [1.82, 2.24) is 0 Å². The Morgan fingerprint density at radius 1 is 0.833 bits per heavy atom. The first kappa shape index (κ1) is 29.7. The SMILES string of the molecule is CC(=O)/C=C/CC/C=C/C(=O)CCCCCC(C)O[Si](c1ccccc1)(c1ccccc1)C(C)(C)C. The van der Waals surface area contributed by atoms with Crippen molar-refractivity contribution in [3.63, 3.8) is 0 Å². The van der Waals surface area contributed by atoms with Crippen molar-refractivity contribution in [3.05, 3.63) is 85.0 Å². The maximum atomic E-state index is 12.1. The van der Waals surface area contributed by atoms with Gasteiger partial charge in [0.25, 0.3) is 8.32 Å². The van der Waals surface area contributed by atoms with Gasteiger partial charge in [0.1, 0.15) is 0 Å². The Balaban J connectivity index is 1.91. The molecule has 0 aliphatic heterocycles. The molecule has 2 aromatic carbocycles. The van der Waals surface area contributed by atoms with Crippen LogP contribution in [0.3, 0.4) is 0 Å². The third-order valence-electron chi connectivity index (χ3n) is 6.48. The van der Waals surface area contributed by atoms with Crippen LogP contribution in [0.4, 0.5) is 0 Å². The number of ketones is 2. The second kappa shape index (κ2) is 14.9. The zero-order chi connectivity index (χ0) is 26.4. The molecule has 1 atom stereocenters. The Morgan fingerprint density at radius 3 is 1.86 bits per heavy atom. The second-order valence-corrected chi connectivity index (χ2v) is 14.9. The highest BCUT2D eigenvalue weighted by atomic mass is 28.4. The van der Waals surface area contributed by atoms with E-state index in [4.69, 9.17) is 4.43 Å². The zero-order valence-corrected chi connectivity index (χ0v) is 23.8. The summed E-state index contributed by atoms with van der Waals surface area (Å²) in [5.41, 5.74) is 0. The average molecular weight is 505 g/mol. The highest BCUT2D eigenvalue weighted by Gasteiger charge is 2.50. The van der Waals surface area contributed by atoms with Gasteiger partial charge < -0.3 is 4.43 Å². The summed E-state index contributed by atoms with van der Waals surface area (Å²) in [7, 11) is -2.52. The molecule has 4 heteroatoms. The van der Waals surface area contributed by atoms with Crippen molar-refractivity contribution < 1.29 is 14.0 Å². The van der Waals surface area contributed by atoms with Crippen molar-refractivity contribution in [1.29, 1.82) is 0 Å². The monoisotopic (exact) mass is 504 g/mol. The van der Waals surface area contributed by atoms with E-state index in [-0.39, 0.29) is 22.7 Å². The molecule has 0 aliphatic rings. The van der Waals surface area contributed by atoms with E-state index in [1.807, 2.05) is 12.2 Å². The van der Waals surface area contributed by atoms with Crippen LogP contribution in [-0.4, -0.2) is 26.0 Å². The first-order valence-corrected chi connectivity index (χ1v) is 15.2. The molecule has 0 radical (unpaired) electrons. The summed E-state index contributed by atoms with van der Waals surface area (Å²) >= 11 is 0. The summed E-state index contributed by atoms with van der Waals surface area (Å²) in [4.78, 5) is 23.0. The molecule has 0 heterocycles. The van der Waals surface area contributed by atoms with Crippen LogP contribution in [0.2, 0.25) is 5.04 Å². The molecule has 0 bridgehead atoms. The van der Waals surface area contributed by atoms with Gasteiger partial charge in [0.2, 0.25) is 0 Å². The molecule has 0 fully saturated rings. The van der Waals surface area contributed by atoms with Gasteiger partial charge in [-0.1, -0.05) is 106 Å². The minimum Gasteiger partial charge on any atom is -0.405 e. The van der Waals surface area contributed by atoms with E-state index >= 15 is 0 Å². The smallest absolute Gasteiger partial charge is 0.261 e. The van der Waals surface area contributed by atoms with E-state index in [9.17, 15) is 9.59 Å². The molecule has 0 aliphatic carbocycles. The zero-order valence-electron chi connectivity index (χ0n) is 22.8. The van der Waals surface area contributed by atoms with Crippen LogP contribution in [0.5, 0.6) is 0 Å². The van der Waals surface area contributed by atoms with Gasteiger partial charge in [-0.2, -0.15) is 0 Å². The van der Waals surface area contributed by atoms with E-state index < -0.39 is 8.32 Å². The Morgan fingerprint density at radius 2 is 1.36 bits per heavy atom. The molecule has 2 aromatic rings. The Hall–Kier alpha value is -2.56. The fourth-order valence-electron chi connectivity index (χ4n) is 4.70. The molecule has 0 N–H and O–H groups in total. The molecule has 3 nitrogen and oxygen atoms in total. The van der Waals surface area contributed by atoms with Gasteiger partial charge in [0, 0.05) is 12.5 Å². The molecule has 0 spiro atoms. The van der Waals surface area contributed by atoms with Gasteiger partial charge in [0.15, 0.2) is 11.6 Å². The lowest BCUT2D eigenvalue weighted by Crippen LogP contribution is -2.67. The van der Waals surface area contributed by atoms with Crippen molar-refractivity contribution in [2.24, 2.45) is 0 Å². The number of rotatable bonds is 15. The number of carbonyl (C=O) groups is 2. The van der Waals surface area contributed by atoms with E-state index in [2.05, 4.69) is 88.4 Å². The number of benzene rings is 2. The molecule has 0 amide bonds. The largest absolute Gasteiger partial charge is 0.405 e. The van der Waals surface area contributed by atoms with Crippen LogP contribution in [0.1, 0.15) is 79.6 Å². The van der Waals surface area contributed by atoms with Crippen molar-refractivity contribution in [2.75, 3.05) is 0 Å². The summed E-state index contributed by atoms with van der Waals surface area (Å²) < 4.78 is 7.14. The third-order valence-corrected chi connectivity index (χ3v) is 11.6. The molecule has 1 unspecified atom stereocenters. The van der Waals surface area contributed by atoms with Crippen molar-refractivity contribution in [2.45, 2.75) is 90.7 Å². The maximum absolute atomic E-state index is 12.1. The molecule has 194 valence electrons. The topological polar surface area (TPSA) is 43.4 Å². The lowest BCUT2D eigenvalue weighted by molar-refractivity contribution is -0.115. The van der Waals surface area contributed by atoms with Gasteiger partial charge >= 0.3 is 0 Å². The number of allylic oxidation sites excluding steroid dienone is 4. The molecule has 0 saturated heterocycles. The summed E-state index contributed by atoms with van der Waals surface area (Å²) in [6, 6.07) is 21.5. The van der Waals surface area contributed by atoms with Gasteiger partial charge in [-0.05, 0) is 67.1 Å². The minimum atomic E-state index is -2.52. The minimum absolute atomic E-state index is 0.0232. The average Bonchev–Trinajstić information content (AvgIpc) is 2.84. The number of unbranched alkanes of at least 4 members (excludes halogenated alkanes) is 3. The van der Waals surface area contributed by atoms with Gasteiger partial charge in [-0.3, -0.25) is 9.59 Å². The highest BCUT2D eigenvalue weighted by molar-refractivity contribution is 6.99. The Kier molecular flexibility index (Phi) is 12.3. The number of hydrogen-bond acceptors (Lipinski definition) is 3. The normalized spacial score (nSPS) is 13.4. The number of carbonyl (C=O) groups excluding carboxylic acids is 2. The van der Waals surface area contributed by atoms with Crippen LogP contribution in [0.25, 0.3) is 0 Å². The van der Waals surface area contributed by atoms with E-state index in [0.29, 0.717) is 6.42 Å². The van der Waals surface area contributed by atoms with Crippen LogP contribution < -0.4 is 10.4 Å². The fourth-order valence-corrected chi connectivity index (χ4v) is 9.44. The second-order valence-electron chi connectivity index (χ2n) is 10.7. The maximum Gasteiger partial charge on any atom is 0.261 e. The van der Waals surface area contributed by atoms with Crippen molar-refractivity contribution >= 4 is 30.3 Å². The predicted octanol–water partition coefficient (Wildman–Crippen LogP) is 6.95. The summed E-state index contributed by atoms with van der Waals surface area (Å²) in [6.07, 6.45) is 13.3. The van der Waals surface area contributed by atoms with Gasteiger partial charge in [0.05, 0.1) is 0 Å². The number of hydrogen-bond donors (Lipinski definition) is 0. The summed E-state index contributed by atoms with van der Waals surface area (Å²) in [5, 5.41) is 2.60. The molecular weight excluding hydrogens is 460 g/mol. The molecular formula is C32H44O3Si. The Labute approximate surface area is 219 Å². The van der Waals surface area contributed by atoms with Crippen LogP contribution in [0.15, 0.2) is 85.0 Å². The molecule has 0 saturated carbocycles. The fraction of sp³-hybridized carbons (Fsp3) is 0.438. The van der Waals surface area contributed by atoms with E-state index in [0.717, 1.165) is 38.5 Å². The van der Waals surface area contributed by atoms with Gasteiger partial charge in [-0.15, -0.1) is 0 Å². The van der Waals surface area contributed by atoms with Crippen LogP contribution in [0, 0.1) is 0 Å². The lowest BCUT2D eigenvalue weighted by atomic mass is 10.1. The van der Waals surface area contributed by atoms with E-state index in [1.165, 1.54) is 17.3 Å². The lowest BCUT2D eigenvalue weighted by Gasteiger charge is -2.44. The summed E-state index contributed by atoms with van der Waals surface area (Å²) in [5.74, 6) is 0.239. The first-order valence-electron chi connectivity index (χ1n) is 13.3. The van der Waals surface area contributed by atoms with Crippen molar-refractivity contribution in [3.8, 4) is 0 Å². The molecule has 0 aromatic heterocycles. The Bertz CT molecular complexity index is 948. The van der Waals surface area contributed by atoms with Crippen LogP contribution >= 0.6 is 0 Å². The van der Waals surface area contributed by atoms with Crippen LogP contribution in [-0.2, 0) is 14.0 Å². The summed E-state index contributed by atoms with van der Waals surface area (Å²) in [6.45, 7) is 10.7. The quantitative estimate of drug-likeness (QED) is 0.150.